The molecule has 0 radical (unpaired) electrons. The monoisotopic (exact) mass is 287 g/mol. The van der Waals surface area contributed by atoms with Crippen LogP contribution in [0.2, 0.25) is 0 Å². The summed E-state index contributed by atoms with van der Waals surface area (Å²) in [5, 5.41) is 3.88. The minimum atomic E-state index is 0.538. The van der Waals surface area contributed by atoms with E-state index in [4.69, 9.17) is 0 Å². The van der Waals surface area contributed by atoms with Crippen LogP contribution in [0.15, 0.2) is 18.2 Å². The number of aryl methyl sites for hydroxylation is 2. The highest BCUT2D eigenvalue weighted by molar-refractivity contribution is 5.36. The first-order valence-electron chi connectivity index (χ1n) is 8.82. The smallest absolute Gasteiger partial charge is 0.0354 e. The van der Waals surface area contributed by atoms with E-state index in [0.717, 1.165) is 24.3 Å². The molecule has 0 aromatic heterocycles. The SMILES string of the molecule is CCCNC(c1c(C)cccc1C)C1CC(C)CC(C)C1. The normalized spacial score (nSPS) is 27.6. The van der Waals surface area contributed by atoms with Crippen molar-refractivity contribution in [3.8, 4) is 0 Å². The molecule has 1 aliphatic rings. The van der Waals surface area contributed by atoms with Crippen molar-refractivity contribution in [3.63, 3.8) is 0 Å². The van der Waals surface area contributed by atoms with Gasteiger partial charge in [-0.15, -0.1) is 0 Å². The first-order valence-corrected chi connectivity index (χ1v) is 8.82. The van der Waals surface area contributed by atoms with Crippen LogP contribution >= 0.6 is 0 Å². The highest BCUT2D eigenvalue weighted by Gasteiger charge is 2.31. The molecule has 21 heavy (non-hydrogen) atoms. The van der Waals surface area contributed by atoms with Gasteiger partial charge in [-0.3, -0.25) is 0 Å². The highest BCUT2D eigenvalue weighted by Crippen LogP contribution is 2.41. The van der Waals surface area contributed by atoms with Crippen LogP contribution in [0.1, 0.15) is 69.2 Å². The summed E-state index contributed by atoms with van der Waals surface area (Å²) >= 11 is 0. The second-order valence-electron chi connectivity index (χ2n) is 7.41. The molecule has 1 heteroatoms. The molecule has 1 aromatic rings. The van der Waals surface area contributed by atoms with Crippen molar-refractivity contribution in [1.82, 2.24) is 5.32 Å². The van der Waals surface area contributed by atoms with Gasteiger partial charge in [0.2, 0.25) is 0 Å². The van der Waals surface area contributed by atoms with Crippen molar-refractivity contribution >= 4 is 0 Å². The Balaban J connectivity index is 2.29. The minimum absolute atomic E-state index is 0.538. The molecule has 1 saturated carbocycles. The van der Waals surface area contributed by atoms with E-state index in [1.807, 2.05) is 0 Å². The number of rotatable bonds is 5. The Hall–Kier alpha value is -0.820. The van der Waals surface area contributed by atoms with Gasteiger partial charge in [0, 0.05) is 6.04 Å². The Morgan fingerprint density at radius 3 is 2.14 bits per heavy atom. The van der Waals surface area contributed by atoms with Crippen LogP contribution in [-0.4, -0.2) is 6.54 Å². The number of benzene rings is 1. The van der Waals surface area contributed by atoms with Gasteiger partial charge in [-0.1, -0.05) is 39.0 Å². The Morgan fingerprint density at radius 2 is 1.62 bits per heavy atom. The first kappa shape index (κ1) is 16.5. The molecule has 0 amide bonds. The maximum Gasteiger partial charge on any atom is 0.0354 e. The molecule has 0 heterocycles. The van der Waals surface area contributed by atoms with Gasteiger partial charge in [0.15, 0.2) is 0 Å². The molecule has 2 rings (SSSR count). The third-order valence-corrected chi connectivity index (χ3v) is 5.15. The van der Waals surface area contributed by atoms with Crippen molar-refractivity contribution in [2.24, 2.45) is 17.8 Å². The number of nitrogens with one attached hydrogen (secondary N) is 1. The molecule has 1 fully saturated rings. The summed E-state index contributed by atoms with van der Waals surface area (Å²) < 4.78 is 0. The lowest BCUT2D eigenvalue weighted by molar-refractivity contribution is 0.176. The molecule has 0 bridgehead atoms. The van der Waals surface area contributed by atoms with Crippen LogP contribution in [0.25, 0.3) is 0 Å². The molecule has 1 aromatic carbocycles. The van der Waals surface area contributed by atoms with Crippen molar-refractivity contribution in [3.05, 3.63) is 34.9 Å². The van der Waals surface area contributed by atoms with Crippen LogP contribution in [0.3, 0.4) is 0 Å². The number of hydrogen-bond donors (Lipinski definition) is 1. The quantitative estimate of drug-likeness (QED) is 0.763. The van der Waals surface area contributed by atoms with Crippen molar-refractivity contribution < 1.29 is 0 Å². The molecule has 1 aliphatic carbocycles. The van der Waals surface area contributed by atoms with Gasteiger partial charge < -0.3 is 5.32 Å². The summed E-state index contributed by atoms with van der Waals surface area (Å²) in [5.41, 5.74) is 4.47. The van der Waals surface area contributed by atoms with Crippen molar-refractivity contribution in [2.75, 3.05) is 6.54 Å². The summed E-state index contributed by atoms with van der Waals surface area (Å²) in [6.45, 7) is 12.8. The summed E-state index contributed by atoms with van der Waals surface area (Å²) in [6.07, 6.45) is 5.36. The molecule has 3 unspecified atom stereocenters. The van der Waals surface area contributed by atoms with Gasteiger partial charge in [-0.2, -0.15) is 0 Å². The lowest BCUT2D eigenvalue weighted by atomic mass is 9.71. The maximum absolute atomic E-state index is 3.88. The molecule has 0 aliphatic heterocycles. The molecule has 0 spiro atoms. The Bertz CT molecular complexity index is 421. The van der Waals surface area contributed by atoms with E-state index in [1.54, 1.807) is 5.56 Å². The fraction of sp³-hybridized carbons (Fsp3) is 0.700. The standard InChI is InChI=1S/C20H33N/c1-6-10-21-20(18-12-14(2)11-15(3)13-18)19-16(4)8-7-9-17(19)5/h7-9,14-15,18,20-21H,6,10-13H2,1-5H3. The van der Waals surface area contributed by atoms with E-state index in [2.05, 4.69) is 58.1 Å². The van der Waals surface area contributed by atoms with Gasteiger partial charge in [0.05, 0.1) is 0 Å². The van der Waals surface area contributed by atoms with Crippen molar-refractivity contribution in [2.45, 2.75) is 66.3 Å². The highest BCUT2D eigenvalue weighted by atomic mass is 14.9. The molecular weight excluding hydrogens is 254 g/mol. The maximum atomic E-state index is 3.88. The van der Waals surface area contributed by atoms with Gasteiger partial charge in [-0.05, 0) is 80.5 Å². The third-order valence-electron chi connectivity index (χ3n) is 5.15. The molecule has 118 valence electrons. The van der Waals surface area contributed by atoms with Crippen LogP contribution in [0.4, 0.5) is 0 Å². The second-order valence-corrected chi connectivity index (χ2v) is 7.41. The lowest BCUT2D eigenvalue weighted by Gasteiger charge is -2.38. The van der Waals surface area contributed by atoms with Crippen LogP contribution in [0.5, 0.6) is 0 Å². The average molecular weight is 287 g/mol. The third kappa shape index (κ3) is 4.10. The van der Waals surface area contributed by atoms with Gasteiger partial charge >= 0.3 is 0 Å². The summed E-state index contributed by atoms with van der Waals surface area (Å²) in [7, 11) is 0. The fourth-order valence-corrected chi connectivity index (χ4v) is 4.40. The van der Waals surface area contributed by atoms with E-state index in [-0.39, 0.29) is 0 Å². The van der Waals surface area contributed by atoms with Gasteiger partial charge in [0.25, 0.3) is 0 Å². The number of hydrogen-bond acceptors (Lipinski definition) is 1. The van der Waals surface area contributed by atoms with Crippen LogP contribution < -0.4 is 5.32 Å². The largest absolute Gasteiger partial charge is 0.310 e. The van der Waals surface area contributed by atoms with Crippen molar-refractivity contribution in [1.29, 1.82) is 0 Å². The predicted octanol–water partition coefficient (Wildman–Crippen LogP) is 5.42. The second kappa shape index (κ2) is 7.45. The minimum Gasteiger partial charge on any atom is -0.310 e. The molecule has 3 atom stereocenters. The van der Waals surface area contributed by atoms with Crippen LogP contribution in [0, 0.1) is 31.6 Å². The zero-order valence-electron chi connectivity index (χ0n) is 14.6. The van der Waals surface area contributed by atoms with Crippen LogP contribution in [-0.2, 0) is 0 Å². The topological polar surface area (TPSA) is 12.0 Å². The molecular formula is C20H33N. The van der Waals surface area contributed by atoms with Gasteiger partial charge in [0.1, 0.15) is 0 Å². The van der Waals surface area contributed by atoms with E-state index >= 15 is 0 Å². The average Bonchev–Trinajstić information content (AvgIpc) is 2.41. The first-order chi connectivity index (χ1) is 10.0. The molecule has 0 saturated heterocycles. The van der Waals surface area contributed by atoms with E-state index in [1.165, 1.54) is 36.8 Å². The Morgan fingerprint density at radius 1 is 1.05 bits per heavy atom. The van der Waals surface area contributed by atoms with E-state index in [9.17, 15) is 0 Å². The summed E-state index contributed by atoms with van der Waals surface area (Å²) in [5.74, 6) is 2.53. The fourth-order valence-electron chi connectivity index (χ4n) is 4.40. The molecule has 1 nitrogen and oxygen atoms in total. The predicted molar refractivity (Wildman–Crippen MR) is 92.6 cm³/mol. The lowest BCUT2D eigenvalue weighted by Crippen LogP contribution is -2.34. The molecule has 1 N–H and O–H groups in total. The zero-order chi connectivity index (χ0) is 15.4. The Kier molecular flexibility index (Phi) is 5.87. The summed E-state index contributed by atoms with van der Waals surface area (Å²) in [4.78, 5) is 0. The van der Waals surface area contributed by atoms with E-state index in [0.29, 0.717) is 6.04 Å². The zero-order valence-corrected chi connectivity index (χ0v) is 14.6. The van der Waals surface area contributed by atoms with Gasteiger partial charge in [-0.25, -0.2) is 0 Å². The summed E-state index contributed by atoms with van der Waals surface area (Å²) in [6, 6.07) is 7.28. The van der Waals surface area contributed by atoms with E-state index < -0.39 is 0 Å². The Labute approximate surface area is 131 Å².